The molecule has 0 unspecified atom stereocenters. The minimum atomic E-state index is -0.589. The zero-order chi connectivity index (χ0) is 35.1. The van der Waals surface area contributed by atoms with E-state index in [4.69, 9.17) is 22.0 Å². The van der Waals surface area contributed by atoms with Crippen LogP contribution in [0.1, 0.15) is 70.1 Å². The van der Waals surface area contributed by atoms with E-state index >= 15 is 0 Å². The Hall–Kier alpha value is -5.38. The summed E-state index contributed by atoms with van der Waals surface area (Å²) < 4.78 is 2.13. The molecule has 4 N–H and O–H groups in total. The molecule has 0 aliphatic carbocycles. The van der Waals surface area contributed by atoms with Crippen molar-refractivity contribution in [3.63, 3.8) is 0 Å². The van der Waals surface area contributed by atoms with Crippen LogP contribution in [0.25, 0.3) is 15.7 Å². The van der Waals surface area contributed by atoms with Crippen LogP contribution in [0, 0.1) is 31.8 Å². The third-order valence-electron chi connectivity index (χ3n) is 6.16. The predicted octanol–water partition coefficient (Wildman–Crippen LogP) is 6.77. The van der Waals surface area contributed by atoms with E-state index in [0.29, 0.717) is 12.8 Å². The van der Waals surface area contributed by atoms with Gasteiger partial charge < -0.3 is 41.5 Å². The molecule has 2 heterocycles. The molecule has 0 saturated heterocycles. The summed E-state index contributed by atoms with van der Waals surface area (Å²) in [4.78, 5) is 27.6. The Morgan fingerprint density at radius 3 is 1.64 bits per heavy atom. The maximum absolute atomic E-state index is 12.2. The van der Waals surface area contributed by atoms with E-state index in [9.17, 15) is 30.6 Å². The van der Waals surface area contributed by atoms with E-state index in [0.717, 1.165) is 34.1 Å². The standard InChI is InChI=1S/2C15H18N5O3.Fe/c1-5-6-7-20-14(22)12(17-4)10(3)13(15(20)23)19-18-11(16)8-9(2)21;1-4-5-6-20-14(22)11(8-16)10(3)13(15(20)23)19-18-12(17)7-9(2)21;/h8,21,23H,5-7H2,1-3H3;7,21,23H,4-6H2,1-3H3;/q2*-1;+2/b9-8-,19-18?;9-7-,19-18?;. The number of hydrogen-bond donors (Lipinski definition) is 4. The van der Waals surface area contributed by atoms with Gasteiger partial charge >= 0.3 is 17.1 Å². The second-order valence-corrected chi connectivity index (χ2v) is 9.85. The van der Waals surface area contributed by atoms with Gasteiger partial charge in [0.1, 0.15) is 23.0 Å². The maximum atomic E-state index is 12.2. The third kappa shape index (κ3) is 11.5. The molecule has 0 aliphatic heterocycles. The molecule has 250 valence electrons. The summed E-state index contributed by atoms with van der Waals surface area (Å²) in [5, 5.41) is 80.9. The normalized spacial score (nSPS) is 11.4. The summed E-state index contributed by atoms with van der Waals surface area (Å²) in [6, 6.07) is 1.80. The summed E-state index contributed by atoms with van der Waals surface area (Å²) in [5.41, 5.74) is -1.26. The number of pyridine rings is 2. The number of unbranched alkanes of at least 4 members (excludes halogenated alkanes) is 2. The van der Waals surface area contributed by atoms with E-state index in [1.165, 1.54) is 27.7 Å². The van der Waals surface area contributed by atoms with Gasteiger partial charge in [0.15, 0.2) is 0 Å². The maximum Gasteiger partial charge on any atom is 2.00 e. The van der Waals surface area contributed by atoms with Gasteiger partial charge in [0.25, 0.3) is 16.8 Å². The van der Waals surface area contributed by atoms with Crippen LogP contribution in [-0.2, 0) is 30.2 Å². The second kappa shape index (κ2) is 19.9. The molecule has 2 rings (SSSR count). The Balaban J connectivity index is 0.000000882. The zero-order valence-corrected chi connectivity index (χ0v) is 27.9. The number of amidine groups is 2. The number of nitriles is 1. The number of aliphatic hydroxyl groups excluding tert-OH is 2. The number of aromatic hydroxyl groups is 2. The minimum absolute atomic E-state index is 0. The molecule has 0 spiro atoms. The zero-order valence-electron chi connectivity index (χ0n) is 26.8. The van der Waals surface area contributed by atoms with Gasteiger partial charge in [0.2, 0.25) is 11.8 Å². The Bertz CT molecular complexity index is 1670. The van der Waals surface area contributed by atoms with Crippen molar-refractivity contribution in [2.75, 3.05) is 0 Å². The van der Waals surface area contributed by atoms with Gasteiger partial charge in [-0.15, -0.1) is 0 Å². The van der Waals surface area contributed by atoms with E-state index < -0.39 is 34.5 Å². The molecular weight excluding hydrogens is 652 g/mol. The van der Waals surface area contributed by atoms with E-state index in [1.54, 1.807) is 6.07 Å². The molecule has 0 radical (unpaired) electrons. The molecule has 2 aromatic heterocycles. The average Bonchev–Trinajstić information content (AvgIpc) is 2.97. The first-order chi connectivity index (χ1) is 21.7. The molecule has 0 bridgehead atoms. The van der Waals surface area contributed by atoms with Crippen molar-refractivity contribution in [2.24, 2.45) is 20.5 Å². The number of rotatable bonds is 10. The Kier molecular flexibility index (Phi) is 17.6. The first kappa shape index (κ1) is 41.6. The quantitative estimate of drug-likeness (QED) is 0.0520. The number of allylic oxidation sites excluding steroid dienone is 2. The SMILES string of the molecule is CCCCn1c(O)c(N=NC(=[N-])/C=C(/C)O)c(C)c(C#N)c1=O.[C-]#[N+]c1c(C)c(N=NC(=[N-])/C=C(/C)O)c(O)n(CCCC)c1=O.[Fe+2]. The first-order valence-electron chi connectivity index (χ1n) is 14.1. The molecule has 0 atom stereocenters. The van der Waals surface area contributed by atoms with Crippen molar-refractivity contribution in [1.29, 1.82) is 5.26 Å². The summed E-state index contributed by atoms with van der Waals surface area (Å²) in [5.74, 6) is -2.31. The van der Waals surface area contributed by atoms with Crippen molar-refractivity contribution in [2.45, 2.75) is 80.3 Å². The van der Waals surface area contributed by atoms with Gasteiger partial charge in [0.05, 0.1) is 18.1 Å². The molecule has 0 saturated carbocycles. The number of aromatic nitrogens is 2. The average molecular weight is 689 g/mol. The fourth-order valence-electron chi connectivity index (χ4n) is 3.78. The number of azo groups is 2. The number of nitrogens with zero attached hydrogens (tertiary/aromatic N) is 10. The molecule has 0 amide bonds. The van der Waals surface area contributed by atoms with Gasteiger partial charge in [-0.05, 0) is 69.9 Å². The fraction of sp³-hybridized carbons (Fsp3) is 0.400. The largest absolute Gasteiger partial charge is 2.00 e. The summed E-state index contributed by atoms with van der Waals surface area (Å²) in [6.07, 6.45) is 4.83. The van der Waals surface area contributed by atoms with Gasteiger partial charge in [-0.25, -0.2) is 4.85 Å². The molecule has 0 aromatic carbocycles. The summed E-state index contributed by atoms with van der Waals surface area (Å²) >= 11 is 0. The third-order valence-corrected chi connectivity index (χ3v) is 6.16. The molecule has 2 aromatic rings. The van der Waals surface area contributed by atoms with Crippen LogP contribution in [-0.4, -0.2) is 41.2 Å². The van der Waals surface area contributed by atoms with Crippen molar-refractivity contribution < 1.29 is 37.5 Å². The molecule has 17 heteroatoms. The second-order valence-electron chi connectivity index (χ2n) is 9.85. The minimum Gasteiger partial charge on any atom is -0.513 e. The topological polar surface area (TPSA) is 247 Å². The van der Waals surface area contributed by atoms with Crippen molar-refractivity contribution in [3.05, 3.63) is 83.3 Å². The Labute approximate surface area is 282 Å². The summed E-state index contributed by atoms with van der Waals surface area (Å²) in [6.45, 7) is 17.1. The van der Waals surface area contributed by atoms with Crippen LogP contribution in [0.5, 0.6) is 11.8 Å². The van der Waals surface area contributed by atoms with Crippen molar-refractivity contribution in [1.82, 2.24) is 9.13 Å². The predicted molar refractivity (Wildman–Crippen MR) is 174 cm³/mol. The van der Waals surface area contributed by atoms with Crippen molar-refractivity contribution in [3.8, 4) is 17.8 Å². The summed E-state index contributed by atoms with van der Waals surface area (Å²) in [7, 11) is 0. The van der Waals surface area contributed by atoms with Gasteiger partial charge in [-0.3, -0.25) is 29.0 Å². The van der Waals surface area contributed by atoms with E-state index in [2.05, 4.69) is 25.3 Å². The van der Waals surface area contributed by atoms with Crippen LogP contribution >= 0.6 is 0 Å². The molecule has 0 fully saturated rings. The smallest absolute Gasteiger partial charge is 0.513 e. The van der Waals surface area contributed by atoms with Crippen LogP contribution < -0.4 is 11.1 Å². The number of hydrogen-bond acceptors (Lipinski definition) is 9. The van der Waals surface area contributed by atoms with Crippen molar-refractivity contribution >= 4 is 28.7 Å². The van der Waals surface area contributed by atoms with Crippen LogP contribution in [0.3, 0.4) is 0 Å². The monoisotopic (exact) mass is 688 g/mol. The molecular formula is C30H36FeN10O6. The van der Waals surface area contributed by atoms with E-state index in [1.807, 2.05) is 13.8 Å². The molecule has 0 aliphatic rings. The van der Waals surface area contributed by atoms with E-state index in [-0.39, 0.29) is 75.4 Å². The van der Waals surface area contributed by atoms with Gasteiger partial charge in [0, 0.05) is 18.7 Å². The van der Waals surface area contributed by atoms with Gasteiger partial charge in [-0.1, -0.05) is 26.7 Å². The Morgan fingerprint density at radius 2 is 1.28 bits per heavy atom. The van der Waals surface area contributed by atoms with Gasteiger partial charge in [-0.2, -0.15) is 5.26 Å². The Morgan fingerprint density at radius 1 is 0.872 bits per heavy atom. The first-order valence-corrected chi connectivity index (χ1v) is 14.1. The van der Waals surface area contributed by atoms with Crippen LogP contribution in [0.15, 0.2) is 53.7 Å². The molecule has 47 heavy (non-hydrogen) atoms. The molecule has 16 nitrogen and oxygen atoms in total. The fourth-order valence-corrected chi connectivity index (χ4v) is 3.78. The van der Waals surface area contributed by atoms with Crippen LogP contribution in [0.4, 0.5) is 17.1 Å². The number of aliphatic hydroxyl groups is 2. The van der Waals surface area contributed by atoms with Crippen LogP contribution in [0.2, 0.25) is 0 Å².